The molecule has 6 nitrogen and oxygen atoms in total. The highest BCUT2D eigenvalue weighted by Gasteiger charge is 2.30. The average Bonchev–Trinajstić information content (AvgIpc) is 3.22. The van der Waals surface area contributed by atoms with Crippen LogP contribution < -0.4 is 10.2 Å². The maximum Gasteiger partial charge on any atom is 0.270 e. The van der Waals surface area contributed by atoms with Crippen LogP contribution in [0.1, 0.15) is 50.0 Å². The molecule has 0 bridgehead atoms. The van der Waals surface area contributed by atoms with Gasteiger partial charge in [-0.15, -0.1) is 0 Å². The molecule has 2 aromatic heterocycles. The molecule has 6 heteroatoms. The number of nitrogens with zero attached hydrogens (tertiary/aromatic N) is 3. The Bertz CT molecular complexity index is 1000. The van der Waals surface area contributed by atoms with Crippen molar-refractivity contribution in [1.82, 2.24) is 14.9 Å². The Morgan fingerprint density at radius 1 is 1.06 bits per heavy atom. The number of anilines is 2. The van der Waals surface area contributed by atoms with Crippen LogP contribution in [-0.2, 0) is 0 Å². The van der Waals surface area contributed by atoms with Gasteiger partial charge < -0.3 is 20.1 Å². The van der Waals surface area contributed by atoms with E-state index in [2.05, 4.69) is 47.1 Å². The SMILES string of the molecule is CC(C)Nc1cccnc1N(C)C1CCC(N(C)C(=O)c2cc3ccccc3[nH]2)CC1. The number of aromatic amines is 1. The number of hydrogen-bond donors (Lipinski definition) is 2. The van der Waals surface area contributed by atoms with Gasteiger partial charge in [0.25, 0.3) is 5.91 Å². The summed E-state index contributed by atoms with van der Waals surface area (Å²) in [6.07, 6.45) is 5.94. The van der Waals surface area contributed by atoms with E-state index in [-0.39, 0.29) is 11.9 Å². The van der Waals surface area contributed by atoms with Gasteiger partial charge in [-0.05, 0) is 63.8 Å². The van der Waals surface area contributed by atoms with Crippen LogP contribution in [0.3, 0.4) is 0 Å². The van der Waals surface area contributed by atoms with Crippen LogP contribution in [0.2, 0.25) is 0 Å². The average molecular weight is 420 g/mol. The Morgan fingerprint density at radius 2 is 1.77 bits per heavy atom. The molecule has 0 radical (unpaired) electrons. The van der Waals surface area contributed by atoms with Gasteiger partial charge in [0.2, 0.25) is 0 Å². The smallest absolute Gasteiger partial charge is 0.270 e. The lowest BCUT2D eigenvalue weighted by molar-refractivity contribution is 0.0684. The highest BCUT2D eigenvalue weighted by Crippen LogP contribution is 2.31. The molecule has 0 unspecified atom stereocenters. The fraction of sp³-hybridized carbons (Fsp3) is 0.440. The maximum absolute atomic E-state index is 13.1. The van der Waals surface area contributed by atoms with Gasteiger partial charge in [0.1, 0.15) is 5.69 Å². The third-order valence-electron chi connectivity index (χ3n) is 6.41. The van der Waals surface area contributed by atoms with Gasteiger partial charge in [-0.25, -0.2) is 4.98 Å². The van der Waals surface area contributed by atoms with Crippen molar-refractivity contribution in [3.63, 3.8) is 0 Å². The quantitative estimate of drug-likeness (QED) is 0.596. The van der Waals surface area contributed by atoms with Gasteiger partial charge in [0, 0.05) is 49.3 Å². The third kappa shape index (κ3) is 4.53. The zero-order chi connectivity index (χ0) is 22.0. The number of carbonyl (C=O) groups excluding carboxylic acids is 1. The second-order valence-electron chi connectivity index (χ2n) is 8.93. The third-order valence-corrected chi connectivity index (χ3v) is 6.41. The van der Waals surface area contributed by atoms with Gasteiger partial charge in [0.05, 0.1) is 5.69 Å². The molecule has 164 valence electrons. The predicted octanol–water partition coefficient (Wildman–Crippen LogP) is 4.90. The largest absolute Gasteiger partial charge is 0.380 e. The first-order valence-corrected chi connectivity index (χ1v) is 11.2. The van der Waals surface area contributed by atoms with Crippen LogP contribution in [-0.4, -0.2) is 53.0 Å². The molecule has 1 fully saturated rings. The van der Waals surface area contributed by atoms with E-state index in [4.69, 9.17) is 0 Å². The number of hydrogen-bond acceptors (Lipinski definition) is 4. The van der Waals surface area contributed by atoms with Crippen molar-refractivity contribution in [3.05, 3.63) is 54.4 Å². The van der Waals surface area contributed by atoms with Crippen molar-refractivity contribution in [1.29, 1.82) is 0 Å². The lowest BCUT2D eigenvalue weighted by Gasteiger charge is -2.39. The molecule has 31 heavy (non-hydrogen) atoms. The van der Waals surface area contributed by atoms with E-state index in [9.17, 15) is 4.79 Å². The van der Waals surface area contributed by atoms with Crippen LogP contribution in [0.15, 0.2) is 48.7 Å². The highest BCUT2D eigenvalue weighted by atomic mass is 16.2. The van der Waals surface area contributed by atoms with Crippen LogP contribution in [0, 0.1) is 0 Å². The molecule has 1 aliphatic carbocycles. The minimum Gasteiger partial charge on any atom is -0.380 e. The number of amides is 1. The summed E-state index contributed by atoms with van der Waals surface area (Å²) in [4.78, 5) is 25.2. The fourth-order valence-electron chi connectivity index (χ4n) is 4.65. The number of rotatable bonds is 6. The van der Waals surface area contributed by atoms with Gasteiger partial charge in [-0.3, -0.25) is 4.79 Å². The van der Waals surface area contributed by atoms with Crippen LogP contribution >= 0.6 is 0 Å². The minimum absolute atomic E-state index is 0.0705. The van der Waals surface area contributed by atoms with Crippen molar-refractivity contribution in [2.75, 3.05) is 24.3 Å². The van der Waals surface area contributed by atoms with Gasteiger partial charge in [-0.1, -0.05) is 18.2 Å². The van der Waals surface area contributed by atoms with E-state index >= 15 is 0 Å². The number of pyridine rings is 1. The number of para-hydroxylation sites is 1. The Hall–Kier alpha value is -3.02. The van der Waals surface area contributed by atoms with E-state index in [1.165, 1.54) is 0 Å². The van der Waals surface area contributed by atoms with Crippen molar-refractivity contribution >= 4 is 28.3 Å². The van der Waals surface area contributed by atoms with Crippen molar-refractivity contribution in [2.24, 2.45) is 0 Å². The topological polar surface area (TPSA) is 64.3 Å². The predicted molar refractivity (Wildman–Crippen MR) is 128 cm³/mol. The van der Waals surface area contributed by atoms with Crippen molar-refractivity contribution in [3.8, 4) is 0 Å². The molecule has 1 saturated carbocycles. The normalized spacial score (nSPS) is 18.9. The number of fused-ring (bicyclic) bond motifs is 1. The van der Waals surface area contributed by atoms with E-state index in [1.807, 2.05) is 54.5 Å². The summed E-state index contributed by atoms with van der Waals surface area (Å²) in [5.41, 5.74) is 2.75. The molecule has 3 aromatic rings. The van der Waals surface area contributed by atoms with E-state index in [0.717, 1.165) is 48.1 Å². The molecule has 2 heterocycles. The summed E-state index contributed by atoms with van der Waals surface area (Å²) in [5.74, 6) is 1.07. The molecule has 0 aliphatic heterocycles. The summed E-state index contributed by atoms with van der Waals surface area (Å²) >= 11 is 0. The van der Waals surface area contributed by atoms with Crippen LogP contribution in [0.25, 0.3) is 10.9 Å². The summed E-state index contributed by atoms with van der Waals surface area (Å²) < 4.78 is 0. The van der Waals surface area contributed by atoms with E-state index < -0.39 is 0 Å². The second-order valence-corrected chi connectivity index (χ2v) is 8.93. The van der Waals surface area contributed by atoms with Gasteiger partial charge in [-0.2, -0.15) is 0 Å². The standard InChI is InChI=1S/C25H33N5O/c1-17(2)27-22-10-7-15-26-24(22)29(3)19-11-13-20(14-12-19)30(4)25(31)23-16-18-8-5-6-9-21(18)28-23/h5-10,15-17,19-20,27-28H,11-14H2,1-4H3. The molecular weight excluding hydrogens is 386 g/mol. The lowest BCUT2D eigenvalue weighted by atomic mass is 9.89. The number of benzene rings is 1. The molecule has 0 atom stereocenters. The Balaban J connectivity index is 1.39. The minimum atomic E-state index is 0.0705. The second kappa shape index (κ2) is 9.00. The number of aromatic nitrogens is 2. The van der Waals surface area contributed by atoms with E-state index in [1.54, 1.807) is 0 Å². The van der Waals surface area contributed by atoms with Crippen LogP contribution in [0.5, 0.6) is 0 Å². The van der Waals surface area contributed by atoms with E-state index in [0.29, 0.717) is 17.8 Å². The Labute approximate surface area is 184 Å². The maximum atomic E-state index is 13.1. The van der Waals surface area contributed by atoms with Gasteiger partial charge >= 0.3 is 0 Å². The summed E-state index contributed by atoms with van der Waals surface area (Å²) in [6, 6.07) is 15.1. The highest BCUT2D eigenvalue weighted by molar-refractivity contribution is 5.98. The molecule has 0 saturated heterocycles. The first-order valence-electron chi connectivity index (χ1n) is 11.2. The molecule has 0 spiro atoms. The molecule has 1 aliphatic rings. The van der Waals surface area contributed by atoms with Crippen molar-refractivity contribution < 1.29 is 4.79 Å². The van der Waals surface area contributed by atoms with Crippen molar-refractivity contribution in [2.45, 2.75) is 57.7 Å². The zero-order valence-electron chi connectivity index (χ0n) is 18.9. The molecule has 4 rings (SSSR count). The zero-order valence-corrected chi connectivity index (χ0v) is 18.9. The first kappa shape index (κ1) is 21.2. The molecule has 1 amide bonds. The monoisotopic (exact) mass is 419 g/mol. The molecule has 1 aromatic carbocycles. The van der Waals surface area contributed by atoms with Gasteiger partial charge in [0.15, 0.2) is 5.82 Å². The number of nitrogens with one attached hydrogen (secondary N) is 2. The van der Waals surface area contributed by atoms with Crippen LogP contribution in [0.4, 0.5) is 11.5 Å². The number of H-pyrrole nitrogens is 1. The molecule has 2 N–H and O–H groups in total. The lowest BCUT2D eigenvalue weighted by Crippen LogP contribution is -2.44. The molecular formula is C25H33N5O. The Morgan fingerprint density at radius 3 is 2.48 bits per heavy atom. The fourth-order valence-corrected chi connectivity index (χ4v) is 4.65. The summed E-state index contributed by atoms with van der Waals surface area (Å²) in [5, 5.41) is 4.58. The summed E-state index contributed by atoms with van der Waals surface area (Å²) in [7, 11) is 4.07. The number of carbonyl (C=O) groups is 1. The summed E-state index contributed by atoms with van der Waals surface area (Å²) in [6.45, 7) is 4.28. The Kier molecular flexibility index (Phi) is 6.16. The first-order chi connectivity index (χ1) is 14.9.